The van der Waals surface area contributed by atoms with E-state index in [1.807, 2.05) is 0 Å². The highest BCUT2D eigenvalue weighted by molar-refractivity contribution is 6.05. The number of fused-ring (bicyclic) bond motifs is 1. The Hall–Kier alpha value is -3.62. The molecular weight excluding hydrogens is 330 g/mol. The van der Waals surface area contributed by atoms with Gasteiger partial charge in [-0.3, -0.25) is 19.7 Å². The molecule has 9 nitrogen and oxygen atoms in total. The molecule has 25 heavy (non-hydrogen) atoms. The number of carbonyl (C=O) groups is 2. The second-order valence-electron chi connectivity index (χ2n) is 5.15. The number of ether oxygens (including phenoxy) is 2. The zero-order valence-electron chi connectivity index (χ0n) is 13.1. The van der Waals surface area contributed by atoms with E-state index in [2.05, 4.69) is 10.6 Å². The Morgan fingerprint density at radius 2 is 2.12 bits per heavy atom. The molecule has 1 aliphatic heterocycles. The molecule has 2 aromatic rings. The van der Waals surface area contributed by atoms with Gasteiger partial charge in [-0.05, 0) is 24.3 Å². The van der Waals surface area contributed by atoms with E-state index in [4.69, 9.17) is 9.47 Å². The minimum atomic E-state index is -0.620. The molecule has 0 fully saturated rings. The van der Waals surface area contributed by atoms with E-state index < -0.39 is 10.8 Å². The minimum absolute atomic E-state index is 0.0690. The van der Waals surface area contributed by atoms with E-state index in [-0.39, 0.29) is 29.5 Å². The van der Waals surface area contributed by atoms with Crippen LogP contribution in [-0.4, -0.2) is 30.5 Å². The third-order valence-electron chi connectivity index (χ3n) is 3.51. The van der Waals surface area contributed by atoms with E-state index in [0.29, 0.717) is 17.1 Å². The number of nitro groups is 1. The Morgan fingerprint density at radius 1 is 1.32 bits per heavy atom. The van der Waals surface area contributed by atoms with Gasteiger partial charge >= 0.3 is 5.69 Å². The lowest BCUT2D eigenvalue weighted by Gasteiger charge is -2.18. The summed E-state index contributed by atoms with van der Waals surface area (Å²) in [6.07, 6.45) is 0. The highest BCUT2D eigenvalue weighted by Crippen LogP contribution is 2.31. The number of nitro benzene ring substituents is 1. The summed E-state index contributed by atoms with van der Waals surface area (Å²) in [7, 11) is 1.31. The zero-order valence-corrected chi connectivity index (χ0v) is 13.1. The van der Waals surface area contributed by atoms with Gasteiger partial charge in [0.1, 0.15) is 5.75 Å². The molecule has 0 aliphatic carbocycles. The van der Waals surface area contributed by atoms with Crippen LogP contribution in [0.4, 0.5) is 17.1 Å². The van der Waals surface area contributed by atoms with Gasteiger partial charge < -0.3 is 20.1 Å². The molecule has 2 amide bonds. The number of methoxy groups -OCH3 is 1. The van der Waals surface area contributed by atoms with Gasteiger partial charge in [0.15, 0.2) is 12.4 Å². The van der Waals surface area contributed by atoms with Gasteiger partial charge in [-0.1, -0.05) is 0 Å². The molecule has 0 saturated carbocycles. The number of hydrogen-bond donors (Lipinski definition) is 2. The van der Waals surface area contributed by atoms with E-state index in [9.17, 15) is 19.7 Å². The lowest BCUT2D eigenvalue weighted by Crippen LogP contribution is -2.25. The number of rotatable bonds is 4. The molecule has 0 aromatic heterocycles. The molecule has 0 bridgehead atoms. The Kier molecular flexibility index (Phi) is 4.21. The molecule has 1 heterocycles. The first kappa shape index (κ1) is 16.2. The van der Waals surface area contributed by atoms with Crippen molar-refractivity contribution in [1.82, 2.24) is 0 Å². The molecule has 9 heteroatoms. The van der Waals surface area contributed by atoms with Crippen molar-refractivity contribution in [3.8, 4) is 11.5 Å². The van der Waals surface area contributed by atoms with E-state index in [1.165, 1.54) is 19.2 Å². The maximum absolute atomic E-state index is 12.3. The third kappa shape index (κ3) is 3.34. The highest BCUT2D eigenvalue weighted by Gasteiger charge is 2.19. The summed E-state index contributed by atoms with van der Waals surface area (Å²) in [6.45, 7) is -0.102. The van der Waals surface area contributed by atoms with Crippen LogP contribution in [0.5, 0.6) is 11.5 Å². The van der Waals surface area contributed by atoms with E-state index in [0.717, 1.165) is 6.07 Å². The van der Waals surface area contributed by atoms with Crippen LogP contribution in [-0.2, 0) is 4.79 Å². The first-order valence-corrected chi connectivity index (χ1v) is 7.18. The Bertz CT molecular complexity index is 880. The van der Waals surface area contributed by atoms with Crippen molar-refractivity contribution in [2.24, 2.45) is 0 Å². The molecule has 0 unspecified atom stereocenters. The fraction of sp³-hybridized carbons (Fsp3) is 0.125. The van der Waals surface area contributed by atoms with E-state index in [1.54, 1.807) is 18.2 Å². The van der Waals surface area contributed by atoms with Crippen molar-refractivity contribution in [3.05, 3.63) is 52.1 Å². The van der Waals surface area contributed by atoms with Crippen molar-refractivity contribution in [2.45, 2.75) is 0 Å². The molecule has 1 aliphatic rings. The van der Waals surface area contributed by atoms with Crippen LogP contribution < -0.4 is 20.1 Å². The average Bonchev–Trinajstić information content (AvgIpc) is 2.61. The van der Waals surface area contributed by atoms with Crippen LogP contribution in [0.2, 0.25) is 0 Å². The largest absolute Gasteiger partial charge is 0.490 e. The van der Waals surface area contributed by atoms with Crippen molar-refractivity contribution < 1.29 is 24.0 Å². The lowest BCUT2D eigenvalue weighted by molar-refractivity contribution is -0.385. The molecule has 2 aromatic carbocycles. The number of hydrogen-bond acceptors (Lipinski definition) is 6. The molecule has 3 rings (SSSR count). The smallest absolute Gasteiger partial charge is 0.311 e. The topological polar surface area (TPSA) is 120 Å². The van der Waals surface area contributed by atoms with Gasteiger partial charge in [0.2, 0.25) is 0 Å². The van der Waals surface area contributed by atoms with Crippen LogP contribution in [0, 0.1) is 10.1 Å². The van der Waals surface area contributed by atoms with Crippen LogP contribution >= 0.6 is 0 Å². The number of amides is 2. The quantitative estimate of drug-likeness (QED) is 0.648. The first-order valence-electron chi connectivity index (χ1n) is 7.18. The predicted octanol–water partition coefficient (Wildman–Crippen LogP) is 2.19. The fourth-order valence-electron chi connectivity index (χ4n) is 2.33. The Morgan fingerprint density at radius 3 is 2.84 bits per heavy atom. The van der Waals surface area contributed by atoms with Gasteiger partial charge in [-0.15, -0.1) is 0 Å². The van der Waals surface area contributed by atoms with Crippen molar-refractivity contribution in [3.63, 3.8) is 0 Å². The van der Waals surface area contributed by atoms with Gasteiger partial charge in [-0.2, -0.15) is 0 Å². The monoisotopic (exact) mass is 343 g/mol. The number of anilines is 2. The van der Waals surface area contributed by atoms with Crippen molar-refractivity contribution in [2.75, 3.05) is 24.4 Å². The van der Waals surface area contributed by atoms with E-state index >= 15 is 0 Å². The summed E-state index contributed by atoms with van der Waals surface area (Å²) in [5.74, 6) is -0.280. The summed E-state index contributed by atoms with van der Waals surface area (Å²) in [6, 6.07) is 8.67. The normalized spacial score (nSPS) is 12.4. The third-order valence-corrected chi connectivity index (χ3v) is 3.51. The maximum Gasteiger partial charge on any atom is 0.311 e. The zero-order chi connectivity index (χ0) is 18.0. The van der Waals surface area contributed by atoms with Gasteiger partial charge in [0, 0.05) is 23.4 Å². The molecule has 0 radical (unpaired) electrons. The highest BCUT2D eigenvalue weighted by atomic mass is 16.6. The average molecular weight is 343 g/mol. The first-order chi connectivity index (χ1) is 12.0. The van der Waals surface area contributed by atoms with Gasteiger partial charge in [0.25, 0.3) is 11.8 Å². The standard InChI is InChI=1S/C16H13N3O6/c1-24-13-5-2-9(6-12(13)19(22)23)16(21)17-10-3-4-11-14(7-10)25-8-15(20)18-11/h2-7H,8H2,1H3,(H,17,21)(H,18,20). The van der Waals surface area contributed by atoms with Gasteiger partial charge in [-0.25, -0.2) is 0 Å². The Balaban J connectivity index is 1.82. The van der Waals surface area contributed by atoms with Crippen LogP contribution in [0.15, 0.2) is 36.4 Å². The SMILES string of the molecule is COc1ccc(C(=O)Nc2ccc3c(c2)OCC(=O)N3)cc1[N+](=O)[O-]. The van der Waals surface area contributed by atoms with Crippen LogP contribution in [0.3, 0.4) is 0 Å². The summed E-state index contributed by atoms with van der Waals surface area (Å²) < 4.78 is 10.2. The second kappa shape index (κ2) is 6.48. The molecule has 0 saturated heterocycles. The summed E-state index contributed by atoms with van der Waals surface area (Å²) in [4.78, 5) is 34.0. The number of nitrogens with zero attached hydrogens (tertiary/aromatic N) is 1. The predicted molar refractivity (Wildman–Crippen MR) is 88.2 cm³/mol. The minimum Gasteiger partial charge on any atom is -0.490 e. The molecule has 2 N–H and O–H groups in total. The summed E-state index contributed by atoms with van der Waals surface area (Å²) >= 11 is 0. The van der Waals surface area contributed by atoms with Crippen LogP contribution in [0.25, 0.3) is 0 Å². The molecule has 0 spiro atoms. The van der Waals surface area contributed by atoms with Crippen molar-refractivity contribution in [1.29, 1.82) is 0 Å². The molecular formula is C16H13N3O6. The number of carbonyl (C=O) groups excluding carboxylic acids is 2. The lowest BCUT2D eigenvalue weighted by atomic mass is 10.1. The van der Waals surface area contributed by atoms with Gasteiger partial charge in [0.05, 0.1) is 17.7 Å². The molecule has 0 atom stereocenters. The summed E-state index contributed by atoms with van der Waals surface area (Å²) in [5, 5.41) is 16.3. The van der Waals surface area contributed by atoms with Crippen molar-refractivity contribution >= 4 is 28.9 Å². The van der Waals surface area contributed by atoms with Crippen LogP contribution in [0.1, 0.15) is 10.4 Å². The maximum atomic E-state index is 12.3. The number of benzene rings is 2. The second-order valence-corrected chi connectivity index (χ2v) is 5.15. The molecule has 128 valence electrons. The fourth-order valence-corrected chi connectivity index (χ4v) is 2.33. The Labute approximate surface area is 141 Å². The summed E-state index contributed by atoms with van der Waals surface area (Å²) in [5.41, 5.74) is 0.749. The number of nitrogens with one attached hydrogen (secondary N) is 2.